The number of carbonyl (C=O) groups is 1. The second kappa shape index (κ2) is 9.59. The van der Waals surface area contributed by atoms with Crippen LogP contribution < -0.4 is 10.1 Å². The van der Waals surface area contributed by atoms with Crippen molar-refractivity contribution in [2.24, 2.45) is 5.92 Å². The van der Waals surface area contributed by atoms with Gasteiger partial charge in [-0.3, -0.25) is 4.79 Å². The fraction of sp³-hybridized carbons (Fsp3) is 0.667. The highest BCUT2D eigenvalue weighted by Crippen LogP contribution is 2.15. The van der Waals surface area contributed by atoms with Crippen LogP contribution in [0.2, 0.25) is 0 Å². The van der Waals surface area contributed by atoms with E-state index in [4.69, 9.17) is 14.2 Å². The van der Waals surface area contributed by atoms with Crippen molar-refractivity contribution in [3.8, 4) is 5.88 Å². The zero-order valence-electron chi connectivity index (χ0n) is 14.8. The van der Waals surface area contributed by atoms with E-state index in [1.807, 2.05) is 32.9 Å². The van der Waals surface area contributed by atoms with Gasteiger partial charge in [0.25, 0.3) is 0 Å². The van der Waals surface area contributed by atoms with Crippen LogP contribution in [0.4, 0.5) is 0 Å². The predicted octanol–water partition coefficient (Wildman–Crippen LogP) is 2.32. The Bertz CT molecular complexity index is 515. The molecule has 1 aliphatic rings. The number of hydrogen-bond acceptors (Lipinski definition) is 5. The lowest BCUT2D eigenvalue weighted by atomic mass is 10.1. The molecule has 1 aromatic rings. The van der Waals surface area contributed by atoms with E-state index in [0.29, 0.717) is 25.6 Å². The Labute approximate surface area is 143 Å². The highest BCUT2D eigenvalue weighted by molar-refractivity contribution is 5.81. The molecule has 1 saturated heterocycles. The molecule has 0 aliphatic carbocycles. The molecule has 24 heavy (non-hydrogen) atoms. The van der Waals surface area contributed by atoms with Crippen LogP contribution >= 0.6 is 0 Å². The van der Waals surface area contributed by atoms with Gasteiger partial charge in [-0.1, -0.05) is 13.8 Å². The monoisotopic (exact) mass is 336 g/mol. The summed E-state index contributed by atoms with van der Waals surface area (Å²) in [4.78, 5) is 16.6. The van der Waals surface area contributed by atoms with E-state index in [1.54, 1.807) is 6.20 Å². The molecule has 0 spiro atoms. The Morgan fingerprint density at radius 1 is 1.50 bits per heavy atom. The first-order chi connectivity index (χ1) is 11.6. The second-order valence-corrected chi connectivity index (χ2v) is 6.29. The van der Waals surface area contributed by atoms with Crippen molar-refractivity contribution in [3.63, 3.8) is 0 Å². The summed E-state index contributed by atoms with van der Waals surface area (Å²) in [5, 5.41) is 2.94. The van der Waals surface area contributed by atoms with E-state index in [1.165, 1.54) is 0 Å². The van der Waals surface area contributed by atoms with Crippen LogP contribution in [0.25, 0.3) is 0 Å². The summed E-state index contributed by atoms with van der Waals surface area (Å²) in [6, 6.07) is 3.70. The van der Waals surface area contributed by atoms with Gasteiger partial charge in [0.15, 0.2) is 0 Å². The molecule has 1 amide bonds. The summed E-state index contributed by atoms with van der Waals surface area (Å²) < 4.78 is 16.7. The lowest BCUT2D eigenvalue weighted by Crippen LogP contribution is -2.40. The molecule has 0 bridgehead atoms. The van der Waals surface area contributed by atoms with E-state index in [-0.39, 0.29) is 17.9 Å². The minimum absolute atomic E-state index is 0.0993. The van der Waals surface area contributed by atoms with Crippen LogP contribution in [0.5, 0.6) is 5.88 Å². The SMILES string of the molecule is CCOc1cc(CNC(=O)[C@@H](OC[C@@H]2CCCO2)C(C)C)ccn1. The fourth-order valence-electron chi connectivity index (χ4n) is 2.63. The molecular formula is C18H28N2O4. The molecular weight excluding hydrogens is 308 g/mol. The van der Waals surface area contributed by atoms with Crippen molar-refractivity contribution in [1.82, 2.24) is 10.3 Å². The van der Waals surface area contributed by atoms with Crippen molar-refractivity contribution < 1.29 is 19.0 Å². The van der Waals surface area contributed by atoms with Crippen LogP contribution in [0, 0.1) is 5.92 Å². The van der Waals surface area contributed by atoms with Gasteiger partial charge < -0.3 is 19.5 Å². The third kappa shape index (κ3) is 5.76. The third-order valence-electron chi connectivity index (χ3n) is 3.91. The quantitative estimate of drug-likeness (QED) is 0.749. The number of ether oxygens (including phenoxy) is 3. The van der Waals surface area contributed by atoms with E-state index in [2.05, 4.69) is 10.3 Å². The molecule has 0 aromatic carbocycles. The number of pyridine rings is 1. The Hall–Kier alpha value is -1.66. The highest BCUT2D eigenvalue weighted by Gasteiger charge is 2.25. The largest absolute Gasteiger partial charge is 0.478 e. The van der Waals surface area contributed by atoms with Crippen molar-refractivity contribution in [1.29, 1.82) is 0 Å². The molecule has 0 radical (unpaired) electrons. The van der Waals surface area contributed by atoms with Gasteiger partial charge >= 0.3 is 0 Å². The van der Waals surface area contributed by atoms with Crippen molar-refractivity contribution in [2.45, 2.75) is 52.4 Å². The van der Waals surface area contributed by atoms with Gasteiger partial charge in [0.05, 0.1) is 19.3 Å². The summed E-state index contributed by atoms with van der Waals surface area (Å²) in [6.45, 7) is 8.13. The normalized spacial score (nSPS) is 18.6. The molecule has 6 heteroatoms. The van der Waals surface area contributed by atoms with Gasteiger partial charge in [-0.25, -0.2) is 4.98 Å². The Morgan fingerprint density at radius 3 is 3.00 bits per heavy atom. The molecule has 2 heterocycles. The van der Waals surface area contributed by atoms with E-state index in [0.717, 1.165) is 25.0 Å². The number of hydrogen-bond donors (Lipinski definition) is 1. The van der Waals surface area contributed by atoms with Crippen molar-refractivity contribution in [2.75, 3.05) is 19.8 Å². The standard InChI is InChI=1S/C18H28N2O4/c1-4-22-16-10-14(7-8-19-16)11-20-18(21)17(13(2)3)24-12-15-6-5-9-23-15/h7-8,10,13,15,17H,4-6,9,11-12H2,1-3H3,(H,20,21)/t15-,17-/m0/s1. The van der Waals surface area contributed by atoms with Gasteiger partial charge in [-0.15, -0.1) is 0 Å². The van der Waals surface area contributed by atoms with Crippen LogP contribution in [-0.4, -0.2) is 42.9 Å². The first-order valence-corrected chi connectivity index (χ1v) is 8.68. The molecule has 1 fully saturated rings. The molecule has 1 N–H and O–H groups in total. The summed E-state index contributed by atoms with van der Waals surface area (Å²) in [6.07, 6.45) is 3.40. The number of nitrogens with zero attached hydrogens (tertiary/aromatic N) is 1. The van der Waals surface area contributed by atoms with Gasteiger partial charge in [-0.05, 0) is 37.3 Å². The number of rotatable bonds is 9. The zero-order valence-corrected chi connectivity index (χ0v) is 14.8. The maximum absolute atomic E-state index is 12.4. The van der Waals surface area contributed by atoms with E-state index >= 15 is 0 Å². The van der Waals surface area contributed by atoms with Gasteiger partial charge in [0, 0.05) is 25.4 Å². The maximum Gasteiger partial charge on any atom is 0.249 e. The number of nitrogens with one attached hydrogen (secondary N) is 1. The average molecular weight is 336 g/mol. The Morgan fingerprint density at radius 2 is 2.33 bits per heavy atom. The summed E-state index contributed by atoms with van der Waals surface area (Å²) in [5.41, 5.74) is 0.948. The zero-order chi connectivity index (χ0) is 17.4. The molecule has 1 aromatic heterocycles. The summed E-state index contributed by atoms with van der Waals surface area (Å²) >= 11 is 0. The minimum atomic E-state index is -0.470. The Balaban J connectivity index is 1.84. The smallest absolute Gasteiger partial charge is 0.249 e. The lowest BCUT2D eigenvalue weighted by Gasteiger charge is -2.22. The van der Waals surface area contributed by atoms with Gasteiger partial charge in [0.2, 0.25) is 11.8 Å². The molecule has 2 atom stereocenters. The topological polar surface area (TPSA) is 69.7 Å². The number of carbonyl (C=O) groups excluding carboxylic acids is 1. The number of aromatic nitrogens is 1. The average Bonchev–Trinajstić information content (AvgIpc) is 3.07. The molecule has 2 rings (SSSR count). The molecule has 134 valence electrons. The predicted molar refractivity (Wildman–Crippen MR) is 90.8 cm³/mol. The van der Waals surface area contributed by atoms with Crippen LogP contribution in [-0.2, 0) is 20.8 Å². The van der Waals surface area contributed by atoms with E-state index < -0.39 is 6.10 Å². The minimum Gasteiger partial charge on any atom is -0.478 e. The molecule has 6 nitrogen and oxygen atoms in total. The lowest BCUT2D eigenvalue weighted by molar-refractivity contribution is -0.138. The molecule has 0 saturated carbocycles. The van der Waals surface area contributed by atoms with Crippen LogP contribution in [0.3, 0.4) is 0 Å². The fourth-order valence-corrected chi connectivity index (χ4v) is 2.63. The molecule has 1 aliphatic heterocycles. The van der Waals surface area contributed by atoms with Gasteiger partial charge in [0.1, 0.15) is 6.10 Å². The van der Waals surface area contributed by atoms with Crippen molar-refractivity contribution >= 4 is 5.91 Å². The third-order valence-corrected chi connectivity index (χ3v) is 3.91. The van der Waals surface area contributed by atoms with Gasteiger partial charge in [-0.2, -0.15) is 0 Å². The first-order valence-electron chi connectivity index (χ1n) is 8.68. The second-order valence-electron chi connectivity index (χ2n) is 6.29. The summed E-state index contributed by atoms with van der Waals surface area (Å²) in [7, 11) is 0. The Kier molecular flexibility index (Phi) is 7.46. The first kappa shape index (κ1) is 18.7. The highest BCUT2D eigenvalue weighted by atomic mass is 16.5. The summed E-state index contributed by atoms with van der Waals surface area (Å²) in [5.74, 6) is 0.569. The maximum atomic E-state index is 12.4. The number of amides is 1. The van der Waals surface area contributed by atoms with E-state index in [9.17, 15) is 4.79 Å². The molecule has 0 unspecified atom stereocenters. The van der Waals surface area contributed by atoms with Crippen LogP contribution in [0.15, 0.2) is 18.3 Å². The van der Waals surface area contributed by atoms with Crippen molar-refractivity contribution in [3.05, 3.63) is 23.9 Å². The van der Waals surface area contributed by atoms with Crippen LogP contribution in [0.1, 0.15) is 39.2 Å².